The van der Waals surface area contributed by atoms with Gasteiger partial charge in [-0.05, 0) is 25.2 Å². The van der Waals surface area contributed by atoms with E-state index in [4.69, 9.17) is 0 Å². The minimum atomic E-state index is -2.33. The predicted octanol–water partition coefficient (Wildman–Crippen LogP) is 0.635. The topological polar surface area (TPSA) is 37.4 Å². The SMILES string of the molecule is CCCN(CC1CC1)[SH](=O)=O. The lowest BCUT2D eigenvalue weighted by molar-refractivity contribution is 0.409. The van der Waals surface area contributed by atoms with Crippen molar-refractivity contribution in [1.82, 2.24) is 4.31 Å². The number of hydrogen-bond donors (Lipinski definition) is 1. The van der Waals surface area contributed by atoms with Crippen molar-refractivity contribution in [1.29, 1.82) is 0 Å². The summed E-state index contributed by atoms with van der Waals surface area (Å²) >= 11 is 0. The van der Waals surface area contributed by atoms with Gasteiger partial charge in [0.1, 0.15) is 0 Å². The highest BCUT2D eigenvalue weighted by Crippen LogP contribution is 2.29. The van der Waals surface area contributed by atoms with Crippen molar-refractivity contribution in [3.63, 3.8) is 0 Å². The van der Waals surface area contributed by atoms with Gasteiger partial charge in [-0.3, -0.25) is 0 Å². The Balaban J connectivity index is 2.30. The zero-order chi connectivity index (χ0) is 8.27. The normalized spacial score (nSPS) is 18.1. The third-order valence-electron chi connectivity index (χ3n) is 1.88. The van der Waals surface area contributed by atoms with Gasteiger partial charge in [0.15, 0.2) is 0 Å². The third kappa shape index (κ3) is 3.20. The van der Waals surface area contributed by atoms with Gasteiger partial charge >= 0.3 is 0 Å². The van der Waals surface area contributed by atoms with E-state index < -0.39 is 10.9 Å². The molecule has 0 N–H and O–H groups in total. The maximum absolute atomic E-state index is 10.6. The molecule has 66 valence electrons. The lowest BCUT2D eigenvalue weighted by Crippen LogP contribution is -2.25. The van der Waals surface area contributed by atoms with Crippen LogP contribution in [0.2, 0.25) is 0 Å². The van der Waals surface area contributed by atoms with Crippen molar-refractivity contribution < 1.29 is 8.42 Å². The van der Waals surface area contributed by atoms with Crippen molar-refractivity contribution >= 4 is 10.9 Å². The Labute approximate surface area is 69.5 Å². The van der Waals surface area contributed by atoms with Crippen LogP contribution in [-0.4, -0.2) is 25.8 Å². The van der Waals surface area contributed by atoms with E-state index in [2.05, 4.69) is 0 Å². The van der Waals surface area contributed by atoms with Crippen LogP contribution >= 0.6 is 0 Å². The van der Waals surface area contributed by atoms with Gasteiger partial charge in [-0.25, -0.2) is 12.7 Å². The number of rotatable bonds is 5. The van der Waals surface area contributed by atoms with Crippen LogP contribution in [0.4, 0.5) is 0 Å². The summed E-state index contributed by atoms with van der Waals surface area (Å²) in [6, 6.07) is 0. The molecule has 0 aromatic rings. The van der Waals surface area contributed by atoms with Crippen LogP contribution in [0.1, 0.15) is 26.2 Å². The second kappa shape index (κ2) is 4.07. The molecule has 3 nitrogen and oxygen atoms in total. The van der Waals surface area contributed by atoms with Gasteiger partial charge < -0.3 is 0 Å². The van der Waals surface area contributed by atoms with E-state index in [9.17, 15) is 8.42 Å². The van der Waals surface area contributed by atoms with E-state index >= 15 is 0 Å². The minimum absolute atomic E-state index is 0.662. The molecule has 0 heterocycles. The maximum atomic E-state index is 10.6. The Hall–Kier alpha value is -0.0900. The van der Waals surface area contributed by atoms with Crippen molar-refractivity contribution in [2.24, 2.45) is 5.92 Å². The predicted molar refractivity (Wildman–Crippen MR) is 44.9 cm³/mol. The highest BCUT2D eigenvalue weighted by molar-refractivity contribution is 7.69. The molecule has 0 spiro atoms. The molecule has 0 unspecified atom stereocenters. The zero-order valence-electron chi connectivity index (χ0n) is 6.82. The second-order valence-electron chi connectivity index (χ2n) is 3.09. The molecule has 1 aliphatic rings. The van der Waals surface area contributed by atoms with Gasteiger partial charge in [-0.1, -0.05) is 6.92 Å². The molecule has 4 heteroatoms. The van der Waals surface area contributed by atoms with Crippen LogP contribution < -0.4 is 0 Å². The Bertz CT molecular complexity index is 179. The van der Waals surface area contributed by atoms with Gasteiger partial charge in [-0.2, -0.15) is 0 Å². The Morgan fingerprint density at radius 1 is 1.45 bits per heavy atom. The van der Waals surface area contributed by atoms with Crippen LogP contribution in [0.15, 0.2) is 0 Å². The number of hydrogen-bond acceptors (Lipinski definition) is 2. The summed E-state index contributed by atoms with van der Waals surface area (Å²) in [6.07, 6.45) is 3.34. The van der Waals surface area contributed by atoms with Gasteiger partial charge in [0.05, 0.1) is 0 Å². The summed E-state index contributed by atoms with van der Waals surface area (Å²) in [6.45, 7) is 3.44. The van der Waals surface area contributed by atoms with Crippen molar-refractivity contribution in [2.45, 2.75) is 26.2 Å². The fourth-order valence-electron chi connectivity index (χ4n) is 1.10. The van der Waals surface area contributed by atoms with Crippen molar-refractivity contribution in [2.75, 3.05) is 13.1 Å². The highest BCUT2D eigenvalue weighted by atomic mass is 32.2. The lowest BCUT2D eigenvalue weighted by atomic mass is 10.4. The molecule has 0 saturated heterocycles. The van der Waals surface area contributed by atoms with Gasteiger partial charge in [-0.15, -0.1) is 0 Å². The number of thiol groups is 1. The quantitative estimate of drug-likeness (QED) is 0.626. The monoisotopic (exact) mass is 177 g/mol. The van der Waals surface area contributed by atoms with E-state index in [0.29, 0.717) is 12.5 Å². The van der Waals surface area contributed by atoms with Gasteiger partial charge in [0.2, 0.25) is 10.9 Å². The summed E-state index contributed by atoms with van der Waals surface area (Å²) in [5, 5.41) is 0. The first-order valence-corrected chi connectivity index (χ1v) is 5.26. The van der Waals surface area contributed by atoms with E-state index in [1.807, 2.05) is 6.92 Å². The zero-order valence-corrected chi connectivity index (χ0v) is 7.72. The van der Waals surface area contributed by atoms with E-state index in [0.717, 1.165) is 13.0 Å². The molecule has 1 rings (SSSR count). The smallest absolute Gasteiger partial charge is 0.203 e. The standard InChI is InChI=1S/C7H15NO2S/c1-2-5-8(11(9)10)6-7-3-4-7/h7,11H,2-6H2,1H3. The molecular weight excluding hydrogens is 162 g/mol. The average Bonchev–Trinajstić information content (AvgIpc) is 2.70. The summed E-state index contributed by atoms with van der Waals surface area (Å²) in [5.74, 6) is 0.662. The third-order valence-corrected chi connectivity index (χ3v) is 2.70. The fourth-order valence-corrected chi connectivity index (χ4v) is 1.82. The van der Waals surface area contributed by atoms with Crippen LogP contribution in [0.3, 0.4) is 0 Å². The molecule has 1 fully saturated rings. The summed E-state index contributed by atoms with van der Waals surface area (Å²) < 4.78 is 22.8. The minimum Gasteiger partial charge on any atom is -0.215 e. The Kier molecular flexibility index (Phi) is 3.33. The van der Waals surface area contributed by atoms with E-state index in [1.165, 1.54) is 12.8 Å². The molecule has 1 aliphatic carbocycles. The van der Waals surface area contributed by atoms with Gasteiger partial charge in [0.25, 0.3) is 0 Å². The van der Waals surface area contributed by atoms with Crippen LogP contribution in [0.25, 0.3) is 0 Å². The maximum Gasteiger partial charge on any atom is 0.203 e. The van der Waals surface area contributed by atoms with Crippen molar-refractivity contribution in [3.8, 4) is 0 Å². The summed E-state index contributed by atoms with van der Waals surface area (Å²) in [7, 11) is -2.33. The molecule has 11 heavy (non-hydrogen) atoms. The largest absolute Gasteiger partial charge is 0.215 e. The summed E-state index contributed by atoms with van der Waals surface area (Å²) in [5.41, 5.74) is 0. The second-order valence-corrected chi connectivity index (χ2v) is 4.14. The first kappa shape index (κ1) is 9.00. The van der Waals surface area contributed by atoms with E-state index in [1.54, 1.807) is 4.31 Å². The average molecular weight is 177 g/mol. The first-order valence-electron chi connectivity index (χ1n) is 4.13. The van der Waals surface area contributed by atoms with Crippen LogP contribution in [-0.2, 0) is 10.9 Å². The first-order chi connectivity index (χ1) is 5.24. The molecule has 0 atom stereocenters. The molecular formula is C7H15NO2S. The molecule has 0 bridgehead atoms. The molecule has 0 radical (unpaired) electrons. The highest BCUT2D eigenvalue weighted by Gasteiger charge is 2.24. The molecule has 0 aliphatic heterocycles. The molecule has 0 amide bonds. The lowest BCUT2D eigenvalue weighted by Gasteiger charge is -2.12. The van der Waals surface area contributed by atoms with Crippen LogP contribution in [0.5, 0.6) is 0 Å². The molecule has 0 aromatic heterocycles. The van der Waals surface area contributed by atoms with E-state index in [-0.39, 0.29) is 0 Å². The Morgan fingerprint density at radius 3 is 2.45 bits per heavy atom. The Morgan fingerprint density at radius 2 is 2.09 bits per heavy atom. The number of nitrogens with zero attached hydrogens (tertiary/aromatic N) is 1. The molecule has 1 saturated carbocycles. The van der Waals surface area contributed by atoms with Crippen molar-refractivity contribution in [3.05, 3.63) is 0 Å². The van der Waals surface area contributed by atoms with Crippen LogP contribution in [0, 0.1) is 5.92 Å². The van der Waals surface area contributed by atoms with Gasteiger partial charge in [0, 0.05) is 13.1 Å². The summed E-state index contributed by atoms with van der Waals surface area (Å²) in [4.78, 5) is 0. The fraction of sp³-hybridized carbons (Fsp3) is 1.00. The molecule has 0 aromatic carbocycles.